The molecule has 5 N–H and O–H groups in total. The van der Waals surface area contributed by atoms with Gasteiger partial charge in [0.15, 0.2) is 0 Å². The summed E-state index contributed by atoms with van der Waals surface area (Å²) in [5.74, 6) is -0.480. The van der Waals surface area contributed by atoms with E-state index in [0.717, 1.165) is 12.8 Å². The summed E-state index contributed by atoms with van der Waals surface area (Å²) < 4.78 is 0. The third kappa shape index (κ3) is 2.58. The third-order valence-electron chi connectivity index (χ3n) is 4.12. The van der Waals surface area contributed by atoms with Crippen molar-refractivity contribution in [3.63, 3.8) is 0 Å². The van der Waals surface area contributed by atoms with E-state index in [0.29, 0.717) is 13.1 Å². The Bertz CT molecular complexity index is 387. The number of aliphatic hydroxyl groups excluding tert-OH is 1. The molecule has 19 heavy (non-hydrogen) atoms. The molecule has 2 heterocycles. The van der Waals surface area contributed by atoms with Gasteiger partial charge in [0.2, 0.25) is 11.8 Å². The number of β-lactam (4-membered cyclic amide) rings is 1. The molecule has 4 atom stereocenters. The molecule has 0 aromatic heterocycles. The highest BCUT2D eigenvalue weighted by Crippen LogP contribution is 2.28. The standard InChI is InChI=1S/C12H22N4O3/c1-7(17)9(10(13)18)16(2)5-8-3-4-12(15-8)6-14-11(12)19/h7-9,15,17H,3-6H2,1-2H3,(H2,13,18)(H,14,19)/t7-,8?,9+,12?/m1/s1. The maximum atomic E-state index is 11.5. The highest BCUT2D eigenvalue weighted by atomic mass is 16.3. The van der Waals surface area contributed by atoms with Gasteiger partial charge in [0, 0.05) is 19.1 Å². The van der Waals surface area contributed by atoms with E-state index >= 15 is 0 Å². The second-order valence-corrected chi connectivity index (χ2v) is 5.67. The van der Waals surface area contributed by atoms with Gasteiger partial charge in [-0.05, 0) is 26.8 Å². The zero-order valence-corrected chi connectivity index (χ0v) is 11.3. The zero-order chi connectivity index (χ0) is 14.2. The summed E-state index contributed by atoms with van der Waals surface area (Å²) >= 11 is 0. The molecule has 2 amide bonds. The molecule has 1 spiro atoms. The topological polar surface area (TPSA) is 108 Å². The summed E-state index contributed by atoms with van der Waals surface area (Å²) in [4.78, 5) is 24.6. The Morgan fingerprint density at radius 1 is 1.68 bits per heavy atom. The number of hydrogen-bond acceptors (Lipinski definition) is 5. The first-order valence-electron chi connectivity index (χ1n) is 6.59. The molecular formula is C12H22N4O3. The van der Waals surface area contributed by atoms with E-state index in [1.165, 1.54) is 0 Å². The highest BCUT2D eigenvalue weighted by Gasteiger charge is 2.51. The van der Waals surface area contributed by atoms with Crippen LogP contribution in [0, 0.1) is 0 Å². The van der Waals surface area contributed by atoms with Crippen molar-refractivity contribution in [3.05, 3.63) is 0 Å². The average molecular weight is 270 g/mol. The number of nitrogens with two attached hydrogens (primary N) is 1. The summed E-state index contributed by atoms with van der Waals surface area (Å²) in [7, 11) is 1.76. The van der Waals surface area contributed by atoms with Crippen LogP contribution < -0.4 is 16.4 Å². The van der Waals surface area contributed by atoms with Crippen LogP contribution in [-0.4, -0.2) is 65.7 Å². The van der Waals surface area contributed by atoms with Gasteiger partial charge in [-0.25, -0.2) is 0 Å². The van der Waals surface area contributed by atoms with Gasteiger partial charge in [-0.1, -0.05) is 0 Å². The summed E-state index contributed by atoms with van der Waals surface area (Å²) in [5, 5.41) is 15.7. The number of rotatable bonds is 5. The van der Waals surface area contributed by atoms with E-state index < -0.39 is 23.6 Å². The Labute approximate surface area is 112 Å². The van der Waals surface area contributed by atoms with Crippen molar-refractivity contribution in [2.75, 3.05) is 20.1 Å². The van der Waals surface area contributed by atoms with E-state index in [2.05, 4.69) is 10.6 Å². The molecule has 108 valence electrons. The highest BCUT2D eigenvalue weighted by molar-refractivity contribution is 5.93. The van der Waals surface area contributed by atoms with Crippen LogP contribution in [0.2, 0.25) is 0 Å². The fourth-order valence-electron chi connectivity index (χ4n) is 3.07. The minimum atomic E-state index is -0.815. The van der Waals surface area contributed by atoms with Crippen LogP contribution in [0.5, 0.6) is 0 Å². The molecule has 2 aliphatic rings. The molecule has 2 unspecified atom stereocenters. The van der Waals surface area contributed by atoms with Gasteiger partial charge >= 0.3 is 0 Å². The molecule has 7 nitrogen and oxygen atoms in total. The number of nitrogens with one attached hydrogen (secondary N) is 2. The molecule has 0 aliphatic carbocycles. The van der Waals surface area contributed by atoms with Crippen molar-refractivity contribution in [1.29, 1.82) is 0 Å². The van der Waals surface area contributed by atoms with Crippen molar-refractivity contribution >= 4 is 11.8 Å². The summed E-state index contributed by atoms with van der Waals surface area (Å²) in [6.45, 7) is 2.80. The molecule has 0 aromatic carbocycles. The first-order valence-corrected chi connectivity index (χ1v) is 6.59. The zero-order valence-electron chi connectivity index (χ0n) is 11.3. The van der Waals surface area contributed by atoms with Gasteiger partial charge in [0.1, 0.15) is 11.6 Å². The number of likely N-dealkylation sites (N-methyl/N-ethyl adjacent to an activating group) is 1. The Morgan fingerprint density at radius 3 is 2.74 bits per heavy atom. The normalized spacial score (nSPS) is 33.1. The van der Waals surface area contributed by atoms with Crippen LogP contribution >= 0.6 is 0 Å². The SMILES string of the molecule is C[C@@H](O)[C@@H](C(N)=O)N(C)CC1CCC2(CNC2=O)N1. The number of carbonyl (C=O) groups excluding carboxylic acids is 2. The van der Waals surface area contributed by atoms with Crippen LogP contribution in [0.15, 0.2) is 0 Å². The van der Waals surface area contributed by atoms with E-state index in [1.54, 1.807) is 18.9 Å². The Morgan fingerprint density at radius 2 is 2.37 bits per heavy atom. The molecule has 0 aromatic rings. The van der Waals surface area contributed by atoms with Gasteiger partial charge in [-0.2, -0.15) is 0 Å². The quantitative estimate of drug-likeness (QED) is 0.423. The van der Waals surface area contributed by atoms with Gasteiger partial charge in [-0.15, -0.1) is 0 Å². The molecule has 2 aliphatic heterocycles. The molecule has 2 rings (SSSR count). The fraction of sp³-hybridized carbons (Fsp3) is 0.833. The third-order valence-corrected chi connectivity index (χ3v) is 4.12. The maximum Gasteiger partial charge on any atom is 0.242 e. The second kappa shape index (κ2) is 5.07. The minimum absolute atomic E-state index is 0.0552. The predicted molar refractivity (Wildman–Crippen MR) is 69.2 cm³/mol. The lowest BCUT2D eigenvalue weighted by Gasteiger charge is -2.38. The monoisotopic (exact) mass is 270 g/mol. The minimum Gasteiger partial charge on any atom is -0.391 e. The lowest BCUT2D eigenvalue weighted by molar-refractivity contribution is -0.134. The number of nitrogens with zero attached hydrogens (tertiary/aromatic N) is 1. The molecule has 2 saturated heterocycles. The van der Waals surface area contributed by atoms with Crippen LogP contribution in [0.25, 0.3) is 0 Å². The number of hydrogen-bond donors (Lipinski definition) is 4. The van der Waals surface area contributed by atoms with Gasteiger partial charge < -0.3 is 16.2 Å². The molecule has 0 saturated carbocycles. The molecule has 2 fully saturated rings. The van der Waals surface area contributed by atoms with Gasteiger partial charge in [0.05, 0.1) is 6.10 Å². The summed E-state index contributed by atoms with van der Waals surface area (Å²) in [6.07, 6.45) is 0.876. The largest absolute Gasteiger partial charge is 0.391 e. The van der Waals surface area contributed by atoms with Crippen molar-refractivity contribution < 1.29 is 14.7 Å². The van der Waals surface area contributed by atoms with Gasteiger partial charge in [-0.3, -0.25) is 19.8 Å². The molecular weight excluding hydrogens is 248 g/mol. The van der Waals surface area contributed by atoms with Gasteiger partial charge in [0.25, 0.3) is 0 Å². The first kappa shape index (κ1) is 14.2. The van der Waals surface area contributed by atoms with Crippen LogP contribution in [0.1, 0.15) is 19.8 Å². The number of carbonyl (C=O) groups is 2. The lowest BCUT2D eigenvalue weighted by atomic mass is 9.90. The smallest absolute Gasteiger partial charge is 0.242 e. The van der Waals surface area contributed by atoms with Crippen molar-refractivity contribution in [2.24, 2.45) is 5.73 Å². The summed E-state index contributed by atoms with van der Waals surface area (Å²) in [5.41, 5.74) is 4.90. The molecule has 0 bridgehead atoms. The van der Waals surface area contributed by atoms with Crippen LogP contribution in [0.3, 0.4) is 0 Å². The van der Waals surface area contributed by atoms with Crippen molar-refractivity contribution in [3.8, 4) is 0 Å². The second-order valence-electron chi connectivity index (χ2n) is 5.67. The number of amides is 2. The van der Waals surface area contributed by atoms with E-state index in [9.17, 15) is 14.7 Å². The Kier molecular flexibility index (Phi) is 3.80. The number of primary amides is 1. The van der Waals surface area contributed by atoms with Crippen LogP contribution in [0.4, 0.5) is 0 Å². The van der Waals surface area contributed by atoms with E-state index in [1.807, 2.05) is 0 Å². The molecule has 0 radical (unpaired) electrons. The summed E-state index contributed by atoms with van der Waals surface area (Å²) in [6, 6.07) is -0.565. The van der Waals surface area contributed by atoms with Crippen molar-refractivity contribution in [1.82, 2.24) is 15.5 Å². The van der Waals surface area contributed by atoms with Crippen LogP contribution in [-0.2, 0) is 9.59 Å². The lowest BCUT2D eigenvalue weighted by Crippen LogP contribution is -2.71. The van der Waals surface area contributed by atoms with E-state index in [4.69, 9.17) is 5.73 Å². The predicted octanol–water partition coefficient (Wildman–Crippen LogP) is -2.23. The first-order chi connectivity index (χ1) is 8.85. The average Bonchev–Trinajstić information content (AvgIpc) is 2.72. The van der Waals surface area contributed by atoms with Crippen molar-refractivity contribution in [2.45, 2.75) is 43.5 Å². The maximum absolute atomic E-state index is 11.5. The fourth-order valence-corrected chi connectivity index (χ4v) is 3.07. The Hall–Kier alpha value is -1.18. The Balaban J connectivity index is 1.91. The number of aliphatic hydroxyl groups is 1. The molecule has 7 heteroatoms. The van der Waals surface area contributed by atoms with E-state index in [-0.39, 0.29) is 11.9 Å².